The molecule has 0 saturated carbocycles. The SMILES string of the molecule is CNc1ccc(C)cc1C(=O)C(Cc1ccccc1)c1ccccc1. The molecule has 0 radical (unpaired) electrons. The van der Waals surface area contributed by atoms with Crippen molar-refractivity contribution in [2.75, 3.05) is 12.4 Å². The molecule has 2 heteroatoms. The number of hydrogen-bond acceptors (Lipinski definition) is 2. The van der Waals surface area contributed by atoms with Gasteiger partial charge in [-0.25, -0.2) is 0 Å². The zero-order valence-electron chi connectivity index (χ0n) is 14.7. The van der Waals surface area contributed by atoms with Gasteiger partial charge in [-0.1, -0.05) is 72.3 Å². The Morgan fingerprint density at radius 1 is 0.920 bits per heavy atom. The summed E-state index contributed by atoms with van der Waals surface area (Å²) >= 11 is 0. The first-order valence-corrected chi connectivity index (χ1v) is 8.60. The number of rotatable bonds is 6. The highest BCUT2D eigenvalue weighted by molar-refractivity contribution is 6.05. The van der Waals surface area contributed by atoms with Crippen molar-refractivity contribution in [3.8, 4) is 0 Å². The fourth-order valence-corrected chi connectivity index (χ4v) is 3.16. The zero-order valence-corrected chi connectivity index (χ0v) is 14.7. The van der Waals surface area contributed by atoms with Crippen LogP contribution in [0.15, 0.2) is 78.9 Å². The van der Waals surface area contributed by atoms with Crippen LogP contribution in [0.1, 0.15) is 33.0 Å². The molecule has 0 saturated heterocycles. The number of anilines is 1. The van der Waals surface area contributed by atoms with Crippen molar-refractivity contribution in [1.82, 2.24) is 0 Å². The van der Waals surface area contributed by atoms with Gasteiger partial charge in [0, 0.05) is 18.3 Å². The van der Waals surface area contributed by atoms with E-state index in [-0.39, 0.29) is 11.7 Å². The lowest BCUT2D eigenvalue weighted by molar-refractivity contribution is 0.0959. The van der Waals surface area contributed by atoms with Crippen LogP contribution in [0.25, 0.3) is 0 Å². The molecule has 0 fully saturated rings. The highest BCUT2D eigenvalue weighted by atomic mass is 16.1. The summed E-state index contributed by atoms with van der Waals surface area (Å²) in [6.45, 7) is 2.02. The number of hydrogen-bond donors (Lipinski definition) is 1. The van der Waals surface area contributed by atoms with Gasteiger partial charge in [-0.05, 0) is 36.6 Å². The van der Waals surface area contributed by atoms with E-state index in [1.54, 1.807) is 0 Å². The van der Waals surface area contributed by atoms with Gasteiger partial charge in [0.25, 0.3) is 0 Å². The van der Waals surface area contributed by atoms with Crippen LogP contribution in [-0.2, 0) is 6.42 Å². The standard InChI is InChI=1S/C23H23NO/c1-17-13-14-22(24-2)21(15-17)23(25)20(19-11-7-4-8-12-19)16-18-9-5-3-6-10-18/h3-15,20,24H,16H2,1-2H3. The van der Waals surface area contributed by atoms with Gasteiger partial charge in [-0.15, -0.1) is 0 Å². The molecule has 25 heavy (non-hydrogen) atoms. The van der Waals surface area contributed by atoms with Crippen molar-refractivity contribution in [3.05, 3.63) is 101 Å². The molecule has 1 atom stereocenters. The Morgan fingerprint density at radius 2 is 1.56 bits per heavy atom. The highest BCUT2D eigenvalue weighted by Crippen LogP contribution is 2.29. The monoisotopic (exact) mass is 329 g/mol. The topological polar surface area (TPSA) is 29.1 Å². The number of nitrogens with one attached hydrogen (secondary N) is 1. The molecule has 0 aromatic heterocycles. The molecule has 0 heterocycles. The average molecular weight is 329 g/mol. The van der Waals surface area contributed by atoms with Gasteiger partial charge in [0.1, 0.15) is 0 Å². The molecule has 0 aliphatic rings. The van der Waals surface area contributed by atoms with E-state index in [1.165, 1.54) is 5.56 Å². The van der Waals surface area contributed by atoms with E-state index >= 15 is 0 Å². The minimum absolute atomic E-state index is 0.156. The van der Waals surface area contributed by atoms with E-state index in [2.05, 4.69) is 17.4 Å². The summed E-state index contributed by atoms with van der Waals surface area (Å²) in [5, 5.41) is 3.15. The second-order valence-corrected chi connectivity index (χ2v) is 6.32. The maximum Gasteiger partial charge on any atom is 0.172 e. The second-order valence-electron chi connectivity index (χ2n) is 6.32. The molecule has 126 valence electrons. The summed E-state index contributed by atoms with van der Waals surface area (Å²) in [4.78, 5) is 13.4. The predicted molar refractivity (Wildman–Crippen MR) is 104 cm³/mol. The minimum atomic E-state index is -0.197. The Labute approximate surface area is 149 Å². The molecule has 2 nitrogen and oxygen atoms in total. The molecule has 3 rings (SSSR count). The Hall–Kier alpha value is -2.87. The average Bonchev–Trinajstić information content (AvgIpc) is 2.67. The van der Waals surface area contributed by atoms with E-state index in [9.17, 15) is 4.79 Å². The third-order valence-electron chi connectivity index (χ3n) is 4.51. The van der Waals surface area contributed by atoms with Gasteiger partial charge < -0.3 is 5.32 Å². The number of benzene rings is 3. The minimum Gasteiger partial charge on any atom is -0.388 e. The highest BCUT2D eigenvalue weighted by Gasteiger charge is 2.24. The lowest BCUT2D eigenvalue weighted by atomic mass is 9.85. The first-order valence-electron chi connectivity index (χ1n) is 8.60. The summed E-state index contributed by atoms with van der Waals surface area (Å²) in [6.07, 6.45) is 0.695. The van der Waals surface area contributed by atoms with E-state index < -0.39 is 0 Å². The second kappa shape index (κ2) is 7.80. The number of carbonyl (C=O) groups excluding carboxylic acids is 1. The first kappa shape index (κ1) is 17.0. The van der Waals surface area contributed by atoms with Crippen molar-refractivity contribution in [1.29, 1.82) is 0 Å². The van der Waals surface area contributed by atoms with Crippen LogP contribution in [0.4, 0.5) is 5.69 Å². The van der Waals surface area contributed by atoms with Crippen LogP contribution in [0.5, 0.6) is 0 Å². The summed E-state index contributed by atoms with van der Waals surface area (Å²) < 4.78 is 0. The Kier molecular flexibility index (Phi) is 5.30. The zero-order chi connectivity index (χ0) is 17.6. The van der Waals surface area contributed by atoms with Crippen molar-refractivity contribution in [3.63, 3.8) is 0 Å². The third-order valence-corrected chi connectivity index (χ3v) is 4.51. The molecule has 0 aliphatic carbocycles. The number of aryl methyl sites for hydroxylation is 1. The fourth-order valence-electron chi connectivity index (χ4n) is 3.16. The molecular formula is C23H23NO. The van der Waals surface area contributed by atoms with Crippen LogP contribution >= 0.6 is 0 Å². The molecule has 1 unspecified atom stereocenters. The van der Waals surface area contributed by atoms with Gasteiger partial charge in [-0.3, -0.25) is 4.79 Å². The van der Waals surface area contributed by atoms with Crippen molar-refractivity contribution < 1.29 is 4.79 Å². The van der Waals surface area contributed by atoms with E-state index in [1.807, 2.05) is 80.7 Å². The third kappa shape index (κ3) is 3.97. The van der Waals surface area contributed by atoms with Gasteiger partial charge >= 0.3 is 0 Å². The summed E-state index contributed by atoms with van der Waals surface area (Å²) in [5.74, 6) is -0.0411. The molecule has 3 aromatic carbocycles. The van der Waals surface area contributed by atoms with Crippen molar-refractivity contribution in [2.45, 2.75) is 19.3 Å². The molecule has 1 N–H and O–H groups in total. The first-order chi connectivity index (χ1) is 12.2. The van der Waals surface area contributed by atoms with Crippen LogP contribution < -0.4 is 5.32 Å². The fraction of sp³-hybridized carbons (Fsp3) is 0.174. The number of carbonyl (C=O) groups is 1. The largest absolute Gasteiger partial charge is 0.388 e. The van der Waals surface area contributed by atoms with Gasteiger partial charge in [-0.2, -0.15) is 0 Å². The van der Waals surface area contributed by atoms with Crippen LogP contribution in [-0.4, -0.2) is 12.8 Å². The Balaban J connectivity index is 2.02. The quantitative estimate of drug-likeness (QED) is 0.626. The lowest BCUT2D eigenvalue weighted by Gasteiger charge is -2.19. The Morgan fingerprint density at radius 3 is 2.20 bits per heavy atom. The van der Waals surface area contributed by atoms with Crippen LogP contribution in [0, 0.1) is 6.92 Å². The maximum atomic E-state index is 13.4. The smallest absolute Gasteiger partial charge is 0.172 e. The molecule has 0 amide bonds. The molecule has 3 aromatic rings. The van der Waals surface area contributed by atoms with Crippen LogP contribution in [0.2, 0.25) is 0 Å². The van der Waals surface area contributed by atoms with E-state index in [0.29, 0.717) is 6.42 Å². The predicted octanol–water partition coefficient (Wildman–Crippen LogP) is 5.25. The molecule has 0 spiro atoms. The maximum absolute atomic E-state index is 13.4. The molecular weight excluding hydrogens is 306 g/mol. The van der Waals surface area contributed by atoms with Gasteiger partial charge in [0.05, 0.1) is 5.92 Å². The van der Waals surface area contributed by atoms with Gasteiger partial charge in [0.15, 0.2) is 5.78 Å². The van der Waals surface area contributed by atoms with Crippen molar-refractivity contribution >= 4 is 11.5 Å². The summed E-state index contributed by atoms with van der Waals surface area (Å²) in [5.41, 5.74) is 4.95. The molecule has 0 aliphatic heterocycles. The van der Waals surface area contributed by atoms with E-state index in [0.717, 1.165) is 22.4 Å². The summed E-state index contributed by atoms with van der Waals surface area (Å²) in [7, 11) is 1.86. The van der Waals surface area contributed by atoms with E-state index in [4.69, 9.17) is 0 Å². The van der Waals surface area contributed by atoms with Crippen molar-refractivity contribution in [2.24, 2.45) is 0 Å². The number of ketones is 1. The molecule has 0 bridgehead atoms. The normalized spacial score (nSPS) is 11.8. The van der Waals surface area contributed by atoms with Crippen LogP contribution in [0.3, 0.4) is 0 Å². The number of Topliss-reactive ketones (excluding diaryl/α,β-unsaturated/α-hetero) is 1. The Bertz CT molecular complexity index is 840. The lowest BCUT2D eigenvalue weighted by Crippen LogP contribution is -2.17. The van der Waals surface area contributed by atoms with Gasteiger partial charge in [0.2, 0.25) is 0 Å². The summed E-state index contributed by atoms with van der Waals surface area (Å²) in [6, 6.07) is 26.3.